The minimum atomic E-state index is 0. The molecule has 1 N–H and O–H groups in total. The molecule has 2 fully saturated rings. The molecule has 14 heavy (non-hydrogen) atoms. The smallest absolute Gasteiger partial charge is 0.239 e. The Hall–Kier alpha value is -0.320. The van der Waals surface area contributed by atoms with E-state index in [2.05, 4.69) is 5.32 Å². The van der Waals surface area contributed by atoms with Gasteiger partial charge >= 0.3 is 0 Å². The van der Waals surface area contributed by atoms with Crippen molar-refractivity contribution < 1.29 is 9.53 Å². The third-order valence-corrected chi connectivity index (χ3v) is 2.68. The Labute approximate surface area is 90.4 Å². The normalized spacial score (nSPS) is 27.1. The van der Waals surface area contributed by atoms with Crippen LogP contribution in [0.1, 0.15) is 12.8 Å². The minimum Gasteiger partial charge on any atom is -0.378 e. The zero-order chi connectivity index (χ0) is 9.10. The van der Waals surface area contributed by atoms with E-state index < -0.39 is 0 Å². The molecule has 0 aromatic carbocycles. The predicted octanol–water partition coefficient (Wildman–Crippen LogP) is 0.0190. The van der Waals surface area contributed by atoms with Crippen LogP contribution in [0, 0.1) is 0 Å². The lowest BCUT2D eigenvalue weighted by Gasteiger charge is -2.29. The number of hydrogen-bond donors (Lipinski definition) is 1. The maximum atomic E-state index is 11.8. The molecule has 2 aliphatic heterocycles. The van der Waals surface area contributed by atoms with E-state index in [0.29, 0.717) is 13.2 Å². The van der Waals surface area contributed by atoms with Crippen molar-refractivity contribution in [2.45, 2.75) is 18.9 Å². The molecule has 0 aromatic rings. The zero-order valence-electron chi connectivity index (χ0n) is 8.20. The Morgan fingerprint density at radius 2 is 2.07 bits per heavy atom. The van der Waals surface area contributed by atoms with Gasteiger partial charge in [-0.05, 0) is 19.4 Å². The van der Waals surface area contributed by atoms with E-state index >= 15 is 0 Å². The first-order chi connectivity index (χ1) is 6.38. The molecule has 2 saturated heterocycles. The van der Waals surface area contributed by atoms with Crippen LogP contribution in [0.2, 0.25) is 0 Å². The summed E-state index contributed by atoms with van der Waals surface area (Å²) in [5.41, 5.74) is 0. The summed E-state index contributed by atoms with van der Waals surface area (Å²) >= 11 is 0. The summed E-state index contributed by atoms with van der Waals surface area (Å²) in [6, 6.07) is 0.0816. The Morgan fingerprint density at radius 1 is 1.36 bits per heavy atom. The predicted molar refractivity (Wildman–Crippen MR) is 55.7 cm³/mol. The SMILES string of the molecule is Cl.O=C(C1CCCN1)N1CCOCC1. The molecule has 4 nitrogen and oxygen atoms in total. The monoisotopic (exact) mass is 220 g/mol. The van der Waals surface area contributed by atoms with Crippen LogP contribution >= 0.6 is 12.4 Å². The number of hydrogen-bond acceptors (Lipinski definition) is 3. The highest BCUT2D eigenvalue weighted by molar-refractivity contribution is 5.85. The molecule has 0 aliphatic carbocycles. The molecule has 1 amide bonds. The average molecular weight is 221 g/mol. The molecular weight excluding hydrogens is 204 g/mol. The quantitative estimate of drug-likeness (QED) is 0.678. The Morgan fingerprint density at radius 3 is 2.64 bits per heavy atom. The number of morpholine rings is 1. The van der Waals surface area contributed by atoms with Crippen molar-refractivity contribution in [3.63, 3.8) is 0 Å². The number of nitrogens with one attached hydrogen (secondary N) is 1. The fourth-order valence-corrected chi connectivity index (χ4v) is 1.90. The molecule has 2 aliphatic rings. The number of halogens is 1. The highest BCUT2D eigenvalue weighted by Crippen LogP contribution is 2.09. The Bertz CT molecular complexity index is 189. The molecule has 0 bridgehead atoms. The maximum Gasteiger partial charge on any atom is 0.239 e. The lowest BCUT2D eigenvalue weighted by molar-refractivity contribution is -0.137. The average Bonchev–Trinajstić information content (AvgIpc) is 2.71. The van der Waals surface area contributed by atoms with E-state index in [1.54, 1.807) is 0 Å². The van der Waals surface area contributed by atoms with Crippen LogP contribution in [0.15, 0.2) is 0 Å². The van der Waals surface area contributed by atoms with E-state index in [0.717, 1.165) is 32.5 Å². The molecular formula is C9H17ClN2O2. The van der Waals surface area contributed by atoms with Crippen LogP contribution in [0.4, 0.5) is 0 Å². The third-order valence-electron chi connectivity index (χ3n) is 2.68. The number of amides is 1. The van der Waals surface area contributed by atoms with E-state index in [9.17, 15) is 4.79 Å². The molecule has 2 rings (SSSR count). The van der Waals surface area contributed by atoms with Crippen LogP contribution in [0.3, 0.4) is 0 Å². The van der Waals surface area contributed by atoms with Crippen LogP contribution < -0.4 is 5.32 Å². The first-order valence-electron chi connectivity index (χ1n) is 4.98. The second-order valence-corrected chi connectivity index (χ2v) is 3.59. The minimum absolute atomic E-state index is 0. The van der Waals surface area contributed by atoms with Gasteiger partial charge in [-0.1, -0.05) is 0 Å². The number of carbonyl (C=O) groups is 1. The van der Waals surface area contributed by atoms with Crippen molar-refractivity contribution in [2.75, 3.05) is 32.8 Å². The molecule has 82 valence electrons. The topological polar surface area (TPSA) is 41.6 Å². The van der Waals surface area contributed by atoms with Gasteiger partial charge in [-0.2, -0.15) is 0 Å². The fourth-order valence-electron chi connectivity index (χ4n) is 1.90. The number of carbonyl (C=O) groups excluding carboxylic acids is 1. The van der Waals surface area contributed by atoms with Gasteiger partial charge in [-0.15, -0.1) is 12.4 Å². The van der Waals surface area contributed by atoms with Gasteiger partial charge in [-0.25, -0.2) is 0 Å². The highest BCUT2D eigenvalue weighted by Gasteiger charge is 2.27. The third kappa shape index (κ3) is 2.59. The van der Waals surface area contributed by atoms with Crippen LogP contribution in [0.5, 0.6) is 0 Å². The number of ether oxygens (including phenoxy) is 1. The molecule has 0 aromatic heterocycles. The molecule has 5 heteroatoms. The standard InChI is InChI=1S/C9H16N2O2.ClH/c12-9(8-2-1-3-10-8)11-4-6-13-7-5-11;/h8,10H,1-7H2;1H. The van der Waals surface area contributed by atoms with Crippen molar-refractivity contribution in [1.29, 1.82) is 0 Å². The molecule has 0 spiro atoms. The second kappa shape index (κ2) is 5.53. The highest BCUT2D eigenvalue weighted by atomic mass is 35.5. The van der Waals surface area contributed by atoms with Gasteiger partial charge in [0, 0.05) is 13.1 Å². The molecule has 2 heterocycles. The fraction of sp³-hybridized carbons (Fsp3) is 0.889. The summed E-state index contributed by atoms with van der Waals surface area (Å²) in [5.74, 6) is 0.265. The van der Waals surface area contributed by atoms with Crippen LogP contribution in [0.25, 0.3) is 0 Å². The first-order valence-corrected chi connectivity index (χ1v) is 4.98. The van der Waals surface area contributed by atoms with Gasteiger partial charge < -0.3 is 15.0 Å². The first kappa shape index (κ1) is 11.8. The van der Waals surface area contributed by atoms with Crippen molar-refractivity contribution >= 4 is 18.3 Å². The molecule has 0 radical (unpaired) electrons. The summed E-state index contributed by atoms with van der Waals surface area (Å²) in [4.78, 5) is 13.7. The van der Waals surface area contributed by atoms with Crippen molar-refractivity contribution in [1.82, 2.24) is 10.2 Å². The van der Waals surface area contributed by atoms with Gasteiger partial charge in [0.2, 0.25) is 5.91 Å². The summed E-state index contributed by atoms with van der Waals surface area (Å²) in [6.45, 7) is 3.89. The summed E-state index contributed by atoms with van der Waals surface area (Å²) in [7, 11) is 0. The largest absolute Gasteiger partial charge is 0.378 e. The Balaban J connectivity index is 0.000000980. The van der Waals surface area contributed by atoms with Crippen LogP contribution in [-0.2, 0) is 9.53 Å². The molecule has 1 unspecified atom stereocenters. The van der Waals surface area contributed by atoms with Gasteiger partial charge in [0.1, 0.15) is 0 Å². The van der Waals surface area contributed by atoms with E-state index in [4.69, 9.17) is 4.74 Å². The van der Waals surface area contributed by atoms with E-state index in [1.807, 2.05) is 4.90 Å². The van der Waals surface area contributed by atoms with Crippen molar-refractivity contribution in [3.8, 4) is 0 Å². The van der Waals surface area contributed by atoms with Crippen molar-refractivity contribution in [2.24, 2.45) is 0 Å². The number of rotatable bonds is 1. The van der Waals surface area contributed by atoms with Gasteiger partial charge in [0.25, 0.3) is 0 Å². The van der Waals surface area contributed by atoms with Gasteiger partial charge in [-0.3, -0.25) is 4.79 Å². The lowest BCUT2D eigenvalue weighted by atomic mass is 10.2. The summed E-state index contributed by atoms with van der Waals surface area (Å²) < 4.78 is 5.20. The van der Waals surface area contributed by atoms with Crippen LogP contribution in [-0.4, -0.2) is 49.7 Å². The lowest BCUT2D eigenvalue weighted by Crippen LogP contribution is -2.48. The zero-order valence-corrected chi connectivity index (χ0v) is 9.02. The summed E-state index contributed by atoms with van der Waals surface area (Å²) in [5, 5.41) is 3.22. The molecule has 1 atom stereocenters. The Kier molecular flexibility index (Phi) is 4.65. The van der Waals surface area contributed by atoms with Gasteiger partial charge in [0.05, 0.1) is 19.3 Å². The second-order valence-electron chi connectivity index (χ2n) is 3.59. The maximum absolute atomic E-state index is 11.8. The van der Waals surface area contributed by atoms with E-state index in [-0.39, 0.29) is 24.4 Å². The number of nitrogens with zero attached hydrogens (tertiary/aromatic N) is 1. The summed E-state index contributed by atoms with van der Waals surface area (Å²) in [6.07, 6.45) is 2.12. The van der Waals surface area contributed by atoms with Gasteiger partial charge in [0.15, 0.2) is 0 Å². The van der Waals surface area contributed by atoms with E-state index in [1.165, 1.54) is 0 Å². The molecule has 0 saturated carbocycles. The van der Waals surface area contributed by atoms with Crippen molar-refractivity contribution in [3.05, 3.63) is 0 Å².